The zero-order valence-corrected chi connectivity index (χ0v) is 22.3. The van der Waals surface area contributed by atoms with Gasteiger partial charge in [0.05, 0.1) is 18.1 Å². The quantitative estimate of drug-likeness (QED) is 0.226. The van der Waals surface area contributed by atoms with E-state index in [1.807, 2.05) is 24.0 Å². The van der Waals surface area contributed by atoms with E-state index in [0.29, 0.717) is 12.8 Å². The predicted molar refractivity (Wildman–Crippen MR) is 129 cm³/mol. The molecule has 0 fully saturated rings. The molecule has 2 N–H and O–H groups in total. The molecule has 168 valence electrons. The van der Waals surface area contributed by atoms with Crippen LogP contribution in [-0.4, -0.2) is 48.4 Å². The number of ether oxygens (including phenoxy) is 1. The third kappa shape index (κ3) is 7.76. The number of esters is 1. The van der Waals surface area contributed by atoms with Crippen LogP contribution in [0.1, 0.15) is 60.8 Å². The zero-order chi connectivity index (χ0) is 22.6. The van der Waals surface area contributed by atoms with Crippen LogP contribution in [0, 0.1) is 5.92 Å². The zero-order valence-electron chi connectivity index (χ0n) is 19.2. The van der Waals surface area contributed by atoms with Crippen molar-refractivity contribution in [2.45, 2.75) is 103 Å². The van der Waals surface area contributed by atoms with Crippen LogP contribution in [0.3, 0.4) is 0 Å². The Morgan fingerprint density at radius 1 is 1.38 bits per heavy atom. The first kappa shape index (κ1) is 26.8. The first-order valence-corrected chi connectivity index (χ1v) is 14.5. The Morgan fingerprint density at radius 2 is 1.97 bits per heavy atom. The molecule has 1 heterocycles. The third-order valence-corrected chi connectivity index (χ3v) is 11.7. The molecule has 5 atom stereocenters. The van der Waals surface area contributed by atoms with E-state index in [2.05, 4.69) is 56.5 Å². The summed E-state index contributed by atoms with van der Waals surface area (Å²) in [6.45, 7) is 16.3. The van der Waals surface area contributed by atoms with Crippen molar-refractivity contribution >= 4 is 36.9 Å². The van der Waals surface area contributed by atoms with E-state index in [-0.39, 0.29) is 29.5 Å². The minimum Gasteiger partial charge on any atom is -0.457 e. The lowest BCUT2D eigenvalue weighted by atomic mass is 9.89. The van der Waals surface area contributed by atoms with Crippen LogP contribution in [0.15, 0.2) is 21.8 Å². The summed E-state index contributed by atoms with van der Waals surface area (Å²) in [5, 5.41) is 21.3. The second kappa shape index (κ2) is 10.4. The van der Waals surface area contributed by atoms with E-state index in [1.165, 1.54) is 0 Å². The maximum atomic E-state index is 12.8. The second-order valence-electron chi connectivity index (χ2n) is 10.1. The molecule has 1 rings (SSSR count). The van der Waals surface area contributed by atoms with E-state index < -0.39 is 26.1 Å². The van der Waals surface area contributed by atoms with Gasteiger partial charge >= 0.3 is 5.97 Å². The van der Waals surface area contributed by atoms with Gasteiger partial charge in [-0.05, 0) is 54.5 Å². The summed E-state index contributed by atoms with van der Waals surface area (Å²) in [5.41, 5.74) is -0.353. The molecule has 29 heavy (non-hydrogen) atoms. The van der Waals surface area contributed by atoms with E-state index in [0.717, 1.165) is 5.57 Å². The summed E-state index contributed by atoms with van der Waals surface area (Å²) < 4.78 is 14.2. The van der Waals surface area contributed by atoms with E-state index in [1.54, 1.807) is 13.0 Å². The molecule has 0 aromatic carbocycles. The van der Waals surface area contributed by atoms with Crippen molar-refractivity contribution in [1.82, 2.24) is 0 Å². The maximum absolute atomic E-state index is 12.8. The van der Waals surface area contributed by atoms with E-state index in [4.69, 9.17) is 9.16 Å². The lowest BCUT2D eigenvalue weighted by Gasteiger charge is -2.40. The molecule has 0 aliphatic carbocycles. The Hall–Kier alpha value is -0.223. The Balaban J connectivity index is 3.23. The first-order chi connectivity index (χ1) is 13.1. The van der Waals surface area contributed by atoms with Crippen molar-refractivity contribution < 1.29 is 24.2 Å². The van der Waals surface area contributed by atoms with E-state index in [9.17, 15) is 15.0 Å². The number of aliphatic hydroxyl groups excluding tert-OH is 1. The molecule has 0 saturated carbocycles. The molecule has 7 heteroatoms. The minimum atomic E-state index is -2.11. The highest BCUT2D eigenvalue weighted by Gasteiger charge is 2.41. The van der Waals surface area contributed by atoms with Gasteiger partial charge < -0.3 is 19.4 Å². The normalized spacial score (nSPS) is 33.6. The summed E-state index contributed by atoms with van der Waals surface area (Å²) >= 11 is 2.14. The highest BCUT2D eigenvalue weighted by molar-refractivity contribution is 14.1. The van der Waals surface area contributed by atoms with Crippen LogP contribution in [0.2, 0.25) is 18.1 Å². The monoisotopic (exact) mass is 538 g/mol. The van der Waals surface area contributed by atoms with Gasteiger partial charge in [0.15, 0.2) is 8.32 Å². The number of aliphatic hydroxyl groups is 2. The van der Waals surface area contributed by atoms with Crippen molar-refractivity contribution in [2.75, 3.05) is 0 Å². The van der Waals surface area contributed by atoms with Crippen LogP contribution in [0.25, 0.3) is 0 Å². The fraction of sp³-hybridized carbons (Fsp3) is 0.773. The Kier molecular flexibility index (Phi) is 9.61. The molecule has 0 spiro atoms. The highest BCUT2D eigenvalue weighted by atomic mass is 127. The lowest BCUT2D eigenvalue weighted by Crippen LogP contribution is -2.46. The van der Waals surface area contributed by atoms with Crippen LogP contribution in [0.5, 0.6) is 0 Å². The fourth-order valence-corrected chi connectivity index (χ4v) is 4.78. The second-order valence-corrected chi connectivity index (χ2v) is 15.4. The number of cyclic esters (lactones) is 1. The molecule has 0 radical (unpaired) electrons. The molecule has 1 aliphatic heterocycles. The third-order valence-electron chi connectivity index (χ3n) is 6.23. The number of rotatable bonds is 3. The number of carbonyl (C=O) groups is 1. The summed E-state index contributed by atoms with van der Waals surface area (Å²) in [5.74, 6) is -0.424. The number of carbonyl (C=O) groups excluding carboxylic acids is 1. The SMILES string of the molecule is CC(=CI)[C@H]1OC(=O)C[C@H](O[Si](C)(C)C(C)(C)C)CC[C@@](C)(O)[C@@H](O)C=C[C@@H]1C. The Labute approximate surface area is 191 Å². The average Bonchev–Trinajstić information content (AvgIpc) is 2.59. The molecule has 5 nitrogen and oxygen atoms in total. The molecular formula is C22H39IO5Si. The number of hydrogen-bond acceptors (Lipinski definition) is 5. The highest BCUT2D eigenvalue weighted by Crippen LogP contribution is 2.38. The van der Waals surface area contributed by atoms with Gasteiger partial charge in [-0.15, -0.1) is 0 Å². The molecule has 0 saturated heterocycles. The van der Waals surface area contributed by atoms with Crippen molar-refractivity contribution in [2.24, 2.45) is 5.92 Å². The van der Waals surface area contributed by atoms with Gasteiger partial charge in [0.2, 0.25) is 0 Å². The molecule has 0 aromatic rings. The topological polar surface area (TPSA) is 76.0 Å². The average molecular weight is 539 g/mol. The fourth-order valence-electron chi connectivity index (χ4n) is 3.04. The number of hydrogen-bond donors (Lipinski definition) is 2. The van der Waals surface area contributed by atoms with Crippen molar-refractivity contribution in [3.63, 3.8) is 0 Å². The molecule has 0 amide bonds. The molecule has 0 unspecified atom stereocenters. The van der Waals surface area contributed by atoms with Gasteiger partial charge in [-0.3, -0.25) is 4.79 Å². The van der Waals surface area contributed by atoms with Gasteiger partial charge in [0.1, 0.15) is 12.2 Å². The smallest absolute Gasteiger partial charge is 0.308 e. The van der Waals surface area contributed by atoms with Gasteiger partial charge in [0, 0.05) is 5.92 Å². The molecule has 0 aromatic heterocycles. The standard InChI is InChI=1S/C22H39IO5Si/c1-15-9-10-18(24)22(6,26)12-11-17(28-29(7,8)21(3,4)5)13-19(25)27-20(15)16(2)14-23/h9-10,14-15,17-18,20,24,26H,11-13H2,1-8H3/t15-,17+,18-,20-,22+/m0/s1. The van der Waals surface area contributed by atoms with Crippen LogP contribution in [-0.2, 0) is 14.0 Å². The van der Waals surface area contributed by atoms with Crippen molar-refractivity contribution in [3.05, 3.63) is 21.8 Å². The van der Waals surface area contributed by atoms with Gasteiger partial charge in [-0.1, -0.05) is 62.4 Å². The summed E-state index contributed by atoms with van der Waals surface area (Å²) in [6, 6.07) is 0. The maximum Gasteiger partial charge on any atom is 0.308 e. The Bertz CT molecular complexity index is 621. The number of halogens is 1. The van der Waals surface area contributed by atoms with Crippen LogP contribution < -0.4 is 0 Å². The van der Waals surface area contributed by atoms with Gasteiger partial charge in [-0.2, -0.15) is 0 Å². The first-order valence-electron chi connectivity index (χ1n) is 10.3. The summed E-state index contributed by atoms with van der Waals surface area (Å²) in [7, 11) is -2.11. The summed E-state index contributed by atoms with van der Waals surface area (Å²) in [6.07, 6.45) is 2.59. The predicted octanol–water partition coefficient (Wildman–Crippen LogP) is 5.12. The molecule has 0 bridgehead atoms. The minimum absolute atomic E-state index is 0.00292. The van der Waals surface area contributed by atoms with Crippen LogP contribution in [0.4, 0.5) is 0 Å². The molecule has 1 aliphatic rings. The largest absolute Gasteiger partial charge is 0.457 e. The van der Waals surface area contributed by atoms with Gasteiger partial charge in [0.25, 0.3) is 0 Å². The Morgan fingerprint density at radius 3 is 2.48 bits per heavy atom. The van der Waals surface area contributed by atoms with Crippen molar-refractivity contribution in [1.29, 1.82) is 0 Å². The lowest BCUT2D eigenvalue weighted by molar-refractivity contribution is -0.151. The van der Waals surface area contributed by atoms with Crippen LogP contribution >= 0.6 is 22.6 Å². The van der Waals surface area contributed by atoms with Crippen molar-refractivity contribution in [3.8, 4) is 0 Å². The summed E-state index contributed by atoms with van der Waals surface area (Å²) in [4.78, 5) is 12.8. The molecular weight excluding hydrogens is 499 g/mol. The van der Waals surface area contributed by atoms with Gasteiger partial charge in [-0.25, -0.2) is 0 Å². The van der Waals surface area contributed by atoms with E-state index >= 15 is 0 Å².